The first-order valence-electron chi connectivity index (χ1n) is 4.62. The number of carbonyl (C=O) groups is 1. The molecule has 1 rings (SSSR count). The number of carboxylic acids is 1. The Bertz CT molecular complexity index is 364. The maximum Gasteiger partial charge on any atom is 0.306 e. The number of aliphatic carboxylic acids is 1. The molecule has 0 heterocycles. The van der Waals surface area contributed by atoms with Crippen molar-refractivity contribution in [2.45, 2.75) is 20.3 Å². The summed E-state index contributed by atoms with van der Waals surface area (Å²) in [6.45, 7) is 3.37. The van der Waals surface area contributed by atoms with E-state index in [1.54, 1.807) is 26.0 Å². The van der Waals surface area contributed by atoms with Crippen LogP contribution in [0.25, 0.3) is 0 Å². The van der Waals surface area contributed by atoms with Crippen LogP contribution >= 0.6 is 11.6 Å². The minimum Gasteiger partial charge on any atom is -0.506 e. The number of aromatic hydroxyl groups is 1. The lowest BCUT2D eigenvalue weighted by molar-refractivity contribution is -0.141. The lowest BCUT2D eigenvalue weighted by Gasteiger charge is -2.09. The summed E-state index contributed by atoms with van der Waals surface area (Å²) in [6, 6.07) is 3.35. The van der Waals surface area contributed by atoms with E-state index in [4.69, 9.17) is 16.7 Å². The first kappa shape index (κ1) is 11.9. The summed E-state index contributed by atoms with van der Waals surface area (Å²) >= 11 is 5.78. The molecule has 3 nitrogen and oxygen atoms in total. The van der Waals surface area contributed by atoms with Gasteiger partial charge in [-0.05, 0) is 30.5 Å². The van der Waals surface area contributed by atoms with Crippen LogP contribution in [-0.4, -0.2) is 16.2 Å². The quantitative estimate of drug-likeness (QED) is 0.836. The Morgan fingerprint density at radius 2 is 2.13 bits per heavy atom. The molecule has 0 bridgehead atoms. The van der Waals surface area contributed by atoms with Crippen LogP contribution in [0.1, 0.15) is 18.1 Å². The number of benzene rings is 1. The molecular formula is C11H13ClO3. The fourth-order valence-corrected chi connectivity index (χ4v) is 1.66. The van der Waals surface area contributed by atoms with E-state index in [1.165, 1.54) is 0 Å². The average Bonchev–Trinajstić information content (AvgIpc) is 2.13. The van der Waals surface area contributed by atoms with Gasteiger partial charge < -0.3 is 10.2 Å². The van der Waals surface area contributed by atoms with Gasteiger partial charge in [-0.1, -0.05) is 24.6 Å². The van der Waals surface area contributed by atoms with Gasteiger partial charge in [-0.15, -0.1) is 0 Å². The van der Waals surface area contributed by atoms with Crippen LogP contribution in [0.2, 0.25) is 5.02 Å². The second-order valence-corrected chi connectivity index (χ2v) is 4.09. The lowest BCUT2D eigenvalue weighted by atomic mass is 9.99. The minimum atomic E-state index is -0.836. The summed E-state index contributed by atoms with van der Waals surface area (Å²) in [5.74, 6) is -1.23. The van der Waals surface area contributed by atoms with E-state index >= 15 is 0 Å². The van der Waals surface area contributed by atoms with Crippen molar-refractivity contribution >= 4 is 17.6 Å². The van der Waals surface area contributed by atoms with E-state index in [1.807, 2.05) is 0 Å². The molecule has 0 aromatic heterocycles. The van der Waals surface area contributed by atoms with Gasteiger partial charge in [0.05, 0.1) is 10.9 Å². The predicted molar refractivity (Wildman–Crippen MR) is 58.4 cm³/mol. The Hall–Kier alpha value is -1.22. The van der Waals surface area contributed by atoms with Crippen LogP contribution in [0.15, 0.2) is 12.1 Å². The second-order valence-electron chi connectivity index (χ2n) is 3.69. The molecule has 0 aliphatic heterocycles. The number of hydrogen-bond donors (Lipinski definition) is 2. The van der Waals surface area contributed by atoms with Gasteiger partial charge >= 0.3 is 5.97 Å². The summed E-state index contributed by atoms with van der Waals surface area (Å²) in [4.78, 5) is 10.7. The molecule has 82 valence electrons. The van der Waals surface area contributed by atoms with E-state index in [9.17, 15) is 9.90 Å². The Kier molecular flexibility index (Phi) is 3.58. The van der Waals surface area contributed by atoms with Crippen LogP contribution in [0.3, 0.4) is 0 Å². The van der Waals surface area contributed by atoms with Gasteiger partial charge in [-0.3, -0.25) is 4.79 Å². The van der Waals surface area contributed by atoms with Gasteiger partial charge in [0.25, 0.3) is 0 Å². The van der Waals surface area contributed by atoms with Crippen molar-refractivity contribution in [3.63, 3.8) is 0 Å². The van der Waals surface area contributed by atoms with Crippen LogP contribution < -0.4 is 0 Å². The third kappa shape index (κ3) is 2.86. The van der Waals surface area contributed by atoms with Crippen molar-refractivity contribution in [2.24, 2.45) is 5.92 Å². The SMILES string of the molecule is Cc1cc(CC(C)C(=O)O)cc(Cl)c1O. The molecule has 2 N–H and O–H groups in total. The maximum atomic E-state index is 10.7. The summed E-state index contributed by atoms with van der Waals surface area (Å²) in [7, 11) is 0. The standard InChI is InChI=1S/C11H13ClO3/c1-6-3-8(4-7(2)11(14)15)5-9(12)10(6)13/h3,5,7,13H,4H2,1-2H3,(H,14,15). The highest BCUT2D eigenvalue weighted by Gasteiger charge is 2.13. The summed E-state index contributed by atoms with van der Waals surface area (Å²) in [6.07, 6.45) is 0.413. The lowest BCUT2D eigenvalue weighted by Crippen LogP contribution is -2.12. The number of phenols is 1. The highest BCUT2D eigenvalue weighted by molar-refractivity contribution is 6.32. The summed E-state index contributed by atoms with van der Waals surface area (Å²) in [5.41, 5.74) is 1.49. The van der Waals surface area contributed by atoms with Crippen molar-refractivity contribution in [2.75, 3.05) is 0 Å². The maximum absolute atomic E-state index is 10.7. The van der Waals surface area contributed by atoms with Crippen molar-refractivity contribution in [1.29, 1.82) is 0 Å². The molecule has 0 saturated carbocycles. The zero-order valence-corrected chi connectivity index (χ0v) is 9.38. The molecule has 0 saturated heterocycles. The number of rotatable bonds is 3. The topological polar surface area (TPSA) is 57.5 Å². The van der Waals surface area contributed by atoms with Crippen molar-refractivity contribution in [3.8, 4) is 5.75 Å². The van der Waals surface area contributed by atoms with E-state index in [0.717, 1.165) is 5.56 Å². The van der Waals surface area contributed by atoms with Crippen molar-refractivity contribution < 1.29 is 15.0 Å². The van der Waals surface area contributed by atoms with Crippen LogP contribution in [0.5, 0.6) is 5.75 Å². The average molecular weight is 229 g/mol. The number of aryl methyl sites for hydroxylation is 1. The predicted octanol–water partition coefficient (Wildman–Crippen LogP) is 2.62. The number of carboxylic acid groups (broad SMARTS) is 1. The first-order chi connectivity index (χ1) is 6.91. The highest BCUT2D eigenvalue weighted by Crippen LogP contribution is 2.29. The normalized spacial score (nSPS) is 12.5. The fourth-order valence-electron chi connectivity index (χ4n) is 1.37. The Morgan fingerprint density at radius 3 is 2.60 bits per heavy atom. The third-order valence-electron chi connectivity index (χ3n) is 2.28. The molecule has 1 aromatic carbocycles. The van der Waals surface area contributed by atoms with Gasteiger partial charge in [-0.25, -0.2) is 0 Å². The Morgan fingerprint density at radius 1 is 1.53 bits per heavy atom. The number of hydrogen-bond acceptors (Lipinski definition) is 2. The van der Waals surface area contributed by atoms with Crippen LogP contribution in [0, 0.1) is 12.8 Å². The van der Waals surface area contributed by atoms with Gasteiger partial charge in [0.1, 0.15) is 5.75 Å². The van der Waals surface area contributed by atoms with E-state index < -0.39 is 11.9 Å². The van der Waals surface area contributed by atoms with E-state index in [2.05, 4.69) is 0 Å². The van der Waals surface area contributed by atoms with Crippen molar-refractivity contribution in [1.82, 2.24) is 0 Å². The zero-order valence-electron chi connectivity index (χ0n) is 8.62. The first-order valence-corrected chi connectivity index (χ1v) is 5.00. The molecule has 0 spiro atoms. The van der Waals surface area contributed by atoms with Gasteiger partial charge in [0.2, 0.25) is 0 Å². The van der Waals surface area contributed by atoms with Crippen molar-refractivity contribution in [3.05, 3.63) is 28.3 Å². The zero-order chi connectivity index (χ0) is 11.6. The highest BCUT2D eigenvalue weighted by atomic mass is 35.5. The smallest absolute Gasteiger partial charge is 0.306 e. The van der Waals surface area contributed by atoms with Gasteiger partial charge in [-0.2, -0.15) is 0 Å². The Balaban J connectivity index is 2.92. The Labute approximate surface area is 93.3 Å². The molecule has 15 heavy (non-hydrogen) atoms. The minimum absolute atomic E-state index is 0.0587. The number of halogens is 1. The molecule has 0 aliphatic rings. The third-order valence-corrected chi connectivity index (χ3v) is 2.57. The molecule has 1 aromatic rings. The molecule has 1 atom stereocenters. The summed E-state index contributed by atoms with van der Waals surface area (Å²) in [5, 5.41) is 18.4. The molecule has 0 amide bonds. The van der Waals surface area contributed by atoms with Gasteiger partial charge in [0, 0.05) is 0 Å². The molecule has 4 heteroatoms. The second kappa shape index (κ2) is 4.53. The molecular weight excluding hydrogens is 216 g/mol. The molecule has 0 radical (unpaired) electrons. The largest absolute Gasteiger partial charge is 0.506 e. The molecule has 0 fully saturated rings. The fraction of sp³-hybridized carbons (Fsp3) is 0.364. The van der Waals surface area contributed by atoms with E-state index in [-0.39, 0.29) is 10.8 Å². The van der Waals surface area contributed by atoms with E-state index in [0.29, 0.717) is 12.0 Å². The summed E-state index contributed by atoms with van der Waals surface area (Å²) < 4.78 is 0. The molecule has 1 unspecified atom stereocenters. The van der Waals surface area contributed by atoms with Crippen LogP contribution in [0.4, 0.5) is 0 Å². The van der Waals surface area contributed by atoms with Gasteiger partial charge in [0.15, 0.2) is 0 Å². The van der Waals surface area contributed by atoms with Crippen LogP contribution in [-0.2, 0) is 11.2 Å². The monoisotopic (exact) mass is 228 g/mol. The number of phenolic OH excluding ortho intramolecular Hbond substituents is 1. The molecule has 0 aliphatic carbocycles.